The molecule has 1 aliphatic rings. The molecule has 0 aromatic heterocycles. The largest absolute Gasteiger partial charge is 0.512 e. The van der Waals surface area contributed by atoms with E-state index in [1.165, 1.54) is 19.9 Å². The molecule has 0 unspecified atom stereocenters. The van der Waals surface area contributed by atoms with Gasteiger partial charge in [-0.25, -0.2) is 0 Å². The molecule has 1 aliphatic heterocycles. The van der Waals surface area contributed by atoms with Crippen LogP contribution in [0.15, 0.2) is 65.4 Å². The Morgan fingerprint density at radius 2 is 1.70 bits per heavy atom. The third-order valence-electron chi connectivity index (χ3n) is 3.76. The van der Waals surface area contributed by atoms with Crippen molar-refractivity contribution in [1.82, 2.24) is 0 Å². The number of aliphatic imine (C=N–C) groups is 1. The van der Waals surface area contributed by atoms with E-state index in [0.29, 0.717) is 0 Å². The SMILES string of the molecule is CC(=[OH+])/C=C(/C)O.CC1(C)N=C(c2[c-]cccc2)c2ccccc2C1=O.[Ir]. The molecule has 1 heterocycles. The topological polar surface area (TPSA) is 71.1 Å². The van der Waals surface area contributed by atoms with E-state index in [1.807, 2.05) is 62.4 Å². The van der Waals surface area contributed by atoms with Gasteiger partial charge in [-0.05, 0) is 32.0 Å². The Labute approximate surface area is 173 Å². The molecule has 4 nitrogen and oxygen atoms in total. The monoisotopic (exact) mass is 542 g/mol. The van der Waals surface area contributed by atoms with E-state index >= 15 is 0 Å². The summed E-state index contributed by atoms with van der Waals surface area (Å²) < 4.78 is 0. The van der Waals surface area contributed by atoms with Crippen molar-refractivity contribution < 1.29 is 34.8 Å². The summed E-state index contributed by atoms with van der Waals surface area (Å²) >= 11 is 0. The normalized spacial score (nSPS) is 14.7. The van der Waals surface area contributed by atoms with Gasteiger partial charge in [-0.2, -0.15) is 0 Å². The van der Waals surface area contributed by atoms with E-state index in [2.05, 4.69) is 11.1 Å². The van der Waals surface area contributed by atoms with E-state index in [9.17, 15) is 4.79 Å². The second-order valence-corrected chi connectivity index (χ2v) is 6.60. The van der Waals surface area contributed by atoms with E-state index < -0.39 is 5.54 Å². The molecule has 0 bridgehead atoms. The molecule has 5 heteroatoms. The number of hydrogen-bond acceptors (Lipinski definition) is 3. The summed E-state index contributed by atoms with van der Waals surface area (Å²) in [4.78, 5) is 25.4. The Morgan fingerprint density at radius 3 is 2.19 bits per heavy atom. The van der Waals surface area contributed by atoms with Crippen molar-refractivity contribution in [3.63, 3.8) is 0 Å². The standard InChI is InChI=1S/C17H14NO.C5H8O2.Ir/c1-17(2)16(19)14-11-7-6-10-13(14)15(18-17)12-8-4-3-5-9-12;1-4(6)3-5(2)7;/h3-8,10-11H,1-2H3;3,6H,1-2H3;/q-1;;/p+1/b;4-3-;. The fourth-order valence-electron chi connectivity index (χ4n) is 2.66. The average Bonchev–Trinajstić information content (AvgIpc) is 2.58. The first kappa shape index (κ1) is 22.7. The maximum atomic E-state index is 12.4. The van der Waals surface area contributed by atoms with Crippen LogP contribution in [0, 0.1) is 6.07 Å². The zero-order valence-electron chi connectivity index (χ0n) is 15.8. The average molecular weight is 542 g/mol. The van der Waals surface area contributed by atoms with E-state index in [4.69, 9.17) is 9.90 Å². The first-order valence-corrected chi connectivity index (χ1v) is 8.33. The summed E-state index contributed by atoms with van der Waals surface area (Å²) in [6, 6.07) is 18.6. The van der Waals surface area contributed by atoms with E-state index in [-0.39, 0.29) is 37.4 Å². The van der Waals surface area contributed by atoms with Gasteiger partial charge >= 0.3 is 5.78 Å². The minimum absolute atomic E-state index is 0. The van der Waals surface area contributed by atoms with Crippen LogP contribution in [0.2, 0.25) is 0 Å². The number of fused-ring (bicyclic) bond motifs is 1. The van der Waals surface area contributed by atoms with Gasteiger partial charge in [0.1, 0.15) is 5.54 Å². The number of carbonyl (C=O) groups excluding carboxylic acids is 2. The van der Waals surface area contributed by atoms with Crippen molar-refractivity contribution in [2.75, 3.05) is 0 Å². The molecule has 2 N–H and O–H groups in total. The maximum absolute atomic E-state index is 12.4. The van der Waals surface area contributed by atoms with Crippen LogP contribution in [0.4, 0.5) is 0 Å². The Kier molecular flexibility index (Phi) is 8.01. The predicted molar refractivity (Wildman–Crippen MR) is 105 cm³/mol. The van der Waals surface area contributed by atoms with Crippen LogP contribution >= 0.6 is 0 Å². The number of Topliss-reactive ketones (excluding diaryl/α,β-unsaturated/α-hetero) is 1. The number of aliphatic hydroxyl groups excluding tert-OH is 1. The van der Waals surface area contributed by atoms with Crippen molar-refractivity contribution in [2.45, 2.75) is 33.2 Å². The van der Waals surface area contributed by atoms with Crippen LogP contribution in [0.5, 0.6) is 0 Å². The Bertz CT molecular complexity index is 879. The zero-order chi connectivity index (χ0) is 19.3. The maximum Gasteiger partial charge on any atom is 0.316 e. The molecule has 0 saturated heterocycles. The summed E-state index contributed by atoms with van der Waals surface area (Å²) in [5.41, 5.74) is 2.70. The van der Waals surface area contributed by atoms with Gasteiger partial charge in [0.2, 0.25) is 0 Å². The first-order valence-electron chi connectivity index (χ1n) is 8.33. The molecular formula is C22H23IrNO3. The third-order valence-corrected chi connectivity index (χ3v) is 3.76. The van der Waals surface area contributed by atoms with Crippen LogP contribution in [0.25, 0.3) is 0 Å². The van der Waals surface area contributed by atoms with Crippen molar-refractivity contribution >= 4 is 17.3 Å². The molecule has 0 amide bonds. The van der Waals surface area contributed by atoms with Crippen molar-refractivity contribution in [3.05, 3.63) is 83.1 Å². The summed E-state index contributed by atoms with van der Waals surface area (Å²) in [6.45, 7) is 6.71. The summed E-state index contributed by atoms with van der Waals surface area (Å²) in [5, 5.41) is 8.40. The fourth-order valence-corrected chi connectivity index (χ4v) is 2.66. The van der Waals surface area contributed by atoms with E-state index in [0.717, 1.165) is 22.4 Å². The molecule has 143 valence electrons. The Balaban J connectivity index is 0.000000395. The Hall–Kier alpha value is -2.36. The predicted octanol–water partition coefficient (Wildman–Crippen LogP) is 4.31. The number of rotatable bonds is 2. The van der Waals surface area contributed by atoms with Gasteiger partial charge in [-0.15, -0.1) is 35.9 Å². The van der Waals surface area contributed by atoms with Gasteiger partial charge in [-0.1, -0.05) is 24.3 Å². The first-order chi connectivity index (χ1) is 12.2. The molecule has 0 fully saturated rings. The molecule has 1 radical (unpaired) electrons. The smallest absolute Gasteiger partial charge is 0.316 e. The summed E-state index contributed by atoms with van der Waals surface area (Å²) in [7, 11) is 0. The summed E-state index contributed by atoms with van der Waals surface area (Å²) in [5.74, 6) is 0.322. The molecule has 27 heavy (non-hydrogen) atoms. The number of carbonyl (C=O) groups is 1. The molecule has 0 saturated carbocycles. The number of benzene rings is 2. The van der Waals surface area contributed by atoms with Crippen molar-refractivity contribution in [2.24, 2.45) is 4.99 Å². The van der Waals surface area contributed by atoms with Gasteiger partial charge in [-0.3, -0.25) is 9.59 Å². The van der Waals surface area contributed by atoms with Gasteiger partial charge in [0.15, 0.2) is 5.78 Å². The van der Waals surface area contributed by atoms with Crippen LogP contribution in [0.1, 0.15) is 49.2 Å². The van der Waals surface area contributed by atoms with Crippen LogP contribution in [-0.2, 0) is 20.1 Å². The molecule has 0 spiro atoms. The van der Waals surface area contributed by atoms with Gasteiger partial charge in [0, 0.05) is 25.7 Å². The van der Waals surface area contributed by atoms with Crippen molar-refractivity contribution in [1.29, 1.82) is 0 Å². The van der Waals surface area contributed by atoms with Gasteiger partial charge in [0.05, 0.1) is 18.8 Å². The second-order valence-electron chi connectivity index (χ2n) is 6.60. The molecule has 0 aliphatic carbocycles. The third kappa shape index (κ3) is 5.81. The molecular weight excluding hydrogens is 518 g/mol. The molecule has 0 atom stereocenters. The Morgan fingerprint density at radius 1 is 1.11 bits per heavy atom. The molecule has 2 aromatic rings. The number of allylic oxidation sites excluding steroid dienone is 2. The number of ketones is 2. The van der Waals surface area contributed by atoms with Gasteiger partial charge in [0.25, 0.3) is 0 Å². The van der Waals surface area contributed by atoms with Crippen LogP contribution in [-0.4, -0.2) is 32.7 Å². The molecule has 2 aromatic carbocycles. The van der Waals surface area contributed by atoms with Crippen molar-refractivity contribution in [3.8, 4) is 0 Å². The fraction of sp³-hybridized carbons (Fsp3) is 0.227. The number of nitrogens with zero attached hydrogens (tertiary/aromatic N) is 1. The minimum atomic E-state index is -0.715. The number of aliphatic hydroxyl groups is 1. The summed E-state index contributed by atoms with van der Waals surface area (Å²) in [6.07, 6.45) is 1.28. The van der Waals surface area contributed by atoms with Crippen LogP contribution in [0.3, 0.4) is 0 Å². The second kappa shape index (κ2) is 9.54. The minimum Gasteiger partial charge on any atom is -0.512 e. The van der Waals surface area contributed by atoms with E-state index in [1.54, 1.807) is 0 Å². The number of hydrogen-bond donors (Lipinski definition) is 1. The van der Waals surface area contributed by atoms with Crippen LogP contribution < -0.4 is 0 Å². The quantitative estimate of drug-likeness (QED) is 0.267. The molecule has 3 rings (SSSR count). The van der Waals surface area contributed by atoms with Gasteiger partial charge < -0.3 is 10.1 Å². The zero-order valence-corrected chi connectivity index (χ0v) is 18.2.